The van der Waals surface area contributed by atoms with Crippen LogP contribution in [0.4, 0.5) is 0 Å². The minimum Gasteiger partial charge on any atom is -0.396 e. The Hall–Kier alpha value is -5.44. The molecule has 91 heavy (non-hydrogen) atoms. The van der Waals surface area contributed by atoms with Crippen molar-refractivity contribution in [2.75, 3.05) is 64.6 Å². The van der Waals surface area contributed by atoms with Crippen molar-refractivity contribution in [2.45, 2.75) is 115 Å². The summed E-state index contributed by atoms with van der Waals surface area (Å²) >= 11 is 19.1. The number of piperidine rings is 3. The van der Waals surface area contributed by atoms with E-state index in [1.165, 1.54) is 52.2 Å². The van der Waals surface area contributed by atoms with Gasteiger partial charge in [0.15, 0.2) is 0 Å². The number of carbonyl (C=O) groups excluding carboxylic acids is 1. The first kappa shape index (κ1) is 68.4. The molecule has 3 aromatic heterocycles. The molecular formula is C71H83Cl3N6O8S3. The second kappa shape index (κ2) is 29.9. The van der Waals surface area contributed by atoms with Crippen LogP contribution in [0.2, 0.25) is 15.1 Å². The summed E-state index contributed by atoms with van der Waals surface area (Å²) in [4.78, 5) is 26.2. The number of hydrogen-bond acceptors (Lipinski definition) is 11. The third-order valence-electron chi connectivity index (χ3n) is 19.0. The van der Waals surface area contributed by atoms with Crippen LogP contribution >= 0.6 is 34.8 Å². The van der Waals surface area contributed by atoms with E-state index >= 15 is 0 Å². The van der Waals surface area contributed by atoms with Gasteiger partial charge in [0.25, 0.3) is 0 Å². The van der Waals surface area contributed by atoms with E-state index in [4.69, 9.17) is 49.8 Å². The van der Waals surface area contributed by atoms with Gasteiger partial charge in [-0.3, -0.25) is 15.0 Å². The number of ketones is 1. The van der Waals surface area contributed by atoms with E-state index in [0.717, 1.165) is 120 Å². The van der Waals surface area contributed by atoms with Gasteiger partial charge in [-0.1, -0.05) is 103 Å². The average molecular weight is 1350 g/mol. The fraction of sp³-hybridized carbons (Fsp3) is 0.437. The third kappa shape index (κ3) is 16.4. The largest absolute Gasteiger partial charge is 0.396 e. The number of aromatic nitrogens is 3. The van der Waals surface area contributed by atoms with Crippen LogP contribution in [0.5, 0.6) is 0 Å². The Bertz CT molecular complexity index is 3910. The summed E-state index contributed by atoms with van der Waals surface area (Å²) < 4.78 is 76.7. The van der Waals surface area contributed by atoms with Crippen LogP contribution in [0.25, 0.3) is 34.9 Å². The third-order valence-corrected chi connectivity index (χ3v) is 23.7. The zero-order valence-corrected chi connectivity index (χ0v) is 57.3. The summed E-state index contributed by atoms with van der Waals surface area (Å²) in [5.74, 6) is 1.34. The molecule has 12 rings (SSSR count). The molecule has 14 nitrogen and oxygen atoms in total. The van der Waals surface area contributed by atoms with Crippen LogP contribution in [0.1, 0.15) is 182 Å². The Morgan fingerprint density at radius 1 is 0.484 bits per heavy atom. The number of aliphatic hydroxyl groups is 1. The molecule has 0 radical (unpaired) electrons. The zero-order valence-electron chi connectivity index (χ0n) is 52.6. The number of nitrogens with zero attached hydrogens (tertiary/aromatic N) is 6. The molecule has 0 amide bonds. The second-order valence-electron chi connectivity index (χ2n) is 25.2. The first-order valence-electron chi connectivity index (χ1n) is 31.8. The lowest BCUT2D eigenvalue weighted by molar-refractivity contribution is -0.116. The van der Waals surface area contributed by atoms with Crippen molar-refractivity contribution < 1.29 is 35.2 Å². The first-order chi connectivity index (χ1) is 43.5. The highest BCUT2D eigenvalue weighted by Gasteiger charge is 2.39. The van der Waals surface area contributed by atoms with Crippen LogP contribution in [0, 0.1) is 17.8 Å². The molecule has 6 heterocycles. The van der Waals surface area contributed by atoms with Crippen molar-refractivity contribution in [1.29, 1.82) is 0 Å². The van der Waals surface area contributed by atoms with Crippen LogP contribution in [-0.2, 0) is 34.9 Å². The summed E-state index contributed by atoms with van der Waals surface area (Å²) in [6.45, 7) is 7.23. The molecule has 484 valence electrons. The highest BCUT2D eigenvalue weighted by Crippen LogP contribution is 2.49. The van der Waals surface area contributed by atoms with Gasteiger partial charge in [-0.05, 0) is 217 Å². The Balaban J connectivity index is 0.000000150. The average Bonchev–Trinajstić information content (AvgIpc) is 1.73. The lowest BCUT2D eigenvalue weighted by atomic mass is 9.76. The molecule has 0 bridgehead atoms. The molecule has 3 unspecified atom stereocenters. The summed E-state index contributed by atoms with van der Waals surface area (Å²) in [7, 11) is -9.49. The van der Waals surface area contributed by atoms with Crippen molar-refractivity contribution >= 4 is 106 Å². The van der Waals surface area contributed by atoms with Crippen LogP contribution in [0.3, 0.4) is 0 Å². The van der Waals surface area contributed by atoms with Gasteiger partial charge in [-0.2, -0.15) is 0 Å². The number of unbranched alkanes of at least 4 members (excludes halogenated alkanes) is 1. The number of pyridine rings is 3. The number of sulfonamides is 3. The number of hydrogen-bond donors (Lipinski definition) is 1. The van der Waals surface area contributed by atoms with Gasteiger partial charge in [0.2, 0.25) is 30.1 Å². The second-order valence-corrected chi connectivity index (χ2v) is 32.5. The normalized spacial score (nSPS) is 20.1. The van der Waals surface area contributed by atoms with Crippen molar-refractivity contribution in [1.82, 2.24) is 27.9 Å². The highest BCUT2D eigenvalue weighted by molar-refractivity contribution is 7.88. The number of benzene rings is 3. The summed E-state index contributed by atoms with van der Waals surface area (Å²) in [6.07, 6.45) is 26.7. The molecule has 1 N–H and O–H groups in total. The summed E-state index contributed by atoms with van der Waals surface area (Å²) in [5.41, 5.74) is 17.1. The molecule has 0 saturated carbocycles. The number of carbonyl (C=O) groups is 1. The topological polar surface area (TPSA) is 188 Å². The van der Waals surface area contributed by atoms with Crippen molar-refractivity contribution in [3.05, 3.63) is 192 Å². The Labute approximate surface area is 554 Å². The molecule has 6 aliphatic rings. The van der Waals surface area contributed by atoms with Gasteiger partial charge in [0.05, 0.1) is 35.8 Å². The molecule has 6 aromatic rings. The minimum atomic E-state index is -3.18. The van der Waals surface area contributed by atoms with Crippen molar-refractivity contribution in [3.63, 3.8) is 0 Å². The number of rotatable bonds is 15. The molecule has 3 atom stereocenters. The van der Waals surface area contributed by atoms with Crippen molar-refractivity contribution in [2.24, 2.45) is 17.8 Å². The molecule has 0 spiro atoms. The fourth-order valence-electron chi connectivity index (χ4n) is 14.5. The van der Waals surface area contributed by atoms with Gasteiger partial charge < -0.3 is 9.90 Å². The predicted molar refractivity (Wildman–Crippen MR) is 369 cm³/mol. The van der Waals surface area contributed by atoms with Crippen LogP contribution < -0.4 is 0 Å². The predicted octanol–water partition coefficient (Wildman–Crippen LogP) is 14.5. The Kier molecular flexibility index (Phi) is 22.5. The zero-order chi connectivity index (χ0) is 64.8. The first-order valence-corrected chi connectivity index (χ1v) is 38.5. The molecule has 20 heteroatoms. The highest BCUT2D eigenvalue weighted by atomic mass is 35.5. The smallest absolute Gasteiger partial charge is 0.211 e. The van der Waals surface area contributed by atoms with Crippen LogP contribution in [-0.4, -0.2) is 129 Å². The molecule has 3 aliphatic carbocycles. The van der Waals surface area contributed by atoms with Crippen LogP contribution in [0.15, 0.2) is 110 Å². The summed E-state index contributed by atoms with van der Waals surface area (Å²) in [6, 6.07) is 30.5. The standard InChI is InChI=1S/C24H27ClN2O3S.C24H29ClN2O2S.C23H27ClN2O3S/c1-16(28)5-6-18-14-19-15-20(25)7-8-21(19)23(24-22(18)4-3-11-26-24)17-9-12-27(13-10-17)31(2,29)30;1-3-4-6-18-15-19-16-20(25)8-9-21(19)23(24-22(18)7-5-12-26-24)17-10-13-27(14-11-17)30(2,28)29;1-30(28,29)26-11-8-16(9-12-26)22-20-7-6-19(24)15-18(20)14-17(4-3-13-27)21-5-2-10-25-23(21)22/h3-4,7-8,11,14-15,17,23H,5-6,9-10,12-13H2,1-2H3;5,7-9,12,15-17,23H,3-4,6,10-11,13-14H2,1-2H3;2,5-7,10,14-16,22,27H,3-4,8-9,11-13H2,1H3. The SMILES string of the molecule is CC(=O)CCC1=Cc2cc(Cl)ccc2C(C2CCN(S(C)(=O)=O)CC2)c2ncccc21.CCCCC1=Cc2cc(Cl)ccc2C(C2CCN(S(C)(=O)=O)CC2)c2ncccc21.CS(=O)(=O)N1CCC(C2c3ccc(Cl)cc3C=C(CCCO)c3cccnc32)CC1. The van der Waals surface area contributed by atoms with E-state index in [-0.39, 0.29) is 36.1 Å². The van der Waals surface area contributed by atoms with E-state index < -0.39 is 30.1 Å². The monoisotopic (exact) mass is 1350 g/mol. The van der Waals surface area contributed by atoms with Crippen molar-refractivity contribution in [3.8, 4) is 0 Å². The molecule has 3 aliphatic heterocycles. The maximum atomic E-state index is 12.0. The molecular weight excluding hydrogens is 1270 g/mol. The number of Topliss-reactive ketones (excluding diaryl/α,β-unsaturated/α-hetero) is 1. The minimum absolute atomic E-state index is 0.0521. The van der Waals surface area contributed by atoms with Gasteiger partial charge in [-0.15, -0.1) is 0 Å². The maximum absolute atomic E-state index is 12.0. The number of allylic oxidation sites excluding steroid dienone is 3. The van der Waals surface area contributed by atoms with E-state index in [0.29, 0.717) is 80.4 Å². The van der Waals surface area contributed by atoms with E-state index in [9.17, 15) is 35.2 Å². The van der Waals surface area contributed by atoms with Gasteiger partial charge in [-0.25, -0.2) is 38.2 Å². The van der Waals surface area contributed by atoms with Gasteiger partial charge in [0, 0.05) is 104 Å². The van der Waals surface area contributed by atoms with E-state index in [1.54, 1.807) is 19.8 Å². The Morgan fingerprint density at radius 3 is 1.08 bits per heavy atom. The van der Waals surface area contributed by atoms with Gasteiger partial charge >= 0.3 is 0 Å². The van der Waals surface area contributed by atoms with E-state index in [1.807, 2.05) is 67.1 Å². The van der Waals surface area contributed by atoms with E-state index in [2.05, 4.69) is 67.6 Å². The summed E-state index contributed by atoms with van der Waals surface area (Å²) in [5, 5.41) is 11.5. The lowest BCUT2D eigenvalue weighted by Crippen LogP contribution is -2.39. The number of aliphatic hydroxyl groups excluding tert-OH is 1. The number of halogens is 3. The Morgan fingerprint density at radius 2 is 0.791 bits per heavy atom. The maximum Gasteiger partial charge on any atom is 0.211 e. The molecule has 3 aromatic carbocycles. The fourth-order valence-corrected chi connectivity index (χ4v) is 17.7. The quantitative estimate of drug-likeness (QED) is 0.103. The lowest BCUT2D eigenvalue weighted by Gasteiger charge is -2.35. The number of fused-ring (bicyclic) bond motifs is 6. The molecule has 3 saturated heterocycles. The molecule has 3 fully saturated rings. The van der Waals surface area contributed by atoms with Gasteiger partial charge in [0.1, 0.15) is 5.78 Å².